The minimum absolute atomic E-state index is 0.0263. The number of methoxy groups -OCH3 is 3. The van der Waals surface area contributed by atoms with E-state index in [0.717, 1.165) is 11.3 Å². The molecule has 10 heteroatoms. The van der Waals surface area contributed by atoms with Gasteiger partial charge in [0.1, 0.15) is 29.5 Å². The summed E-state index contributed by atoms with van der Waals surface area (Å²) >= 11 is 1.81. The number of benzene rings is 2. The number of ether oxygens (including phenoxy) is 5. The van der Waals surface area contributed by atoms with Crippen molar-refractivity contribution < 1.29 is 38.4 Å². The summed E-state index contributed by atoms with van der Waals surface area (Å²) in [5.41, 5.74) is 0.873. The van der Waals surface area contributed by atoms with Crippen molar-refractivity contribution >= 4 is 23.8 Å². The van der Waals surface area contributed by atoms with Crippen molar-refractivity contribution in [3.8, 4) is 17.2 Å². The van der Waals surface area contributed by atoms with E-state index < -0.39 is 35.6 Å². The average Bonchev–Trinajstić information content (AvgIpc) is 2.93. The van der Waals surface area contributed by atoms with E-state index in [4.69, 9.17) is 23.7 Å². The van der Waals surface area contributed by atoms with Crippen LogP contribution in [0.3, 0.4) is 0 Å². The SMILES string of the molecule is COC(=O)[C@H]1CN(C(=O)OC(C)(C)CCSC(C)(C)C)CC(O)[C@@H]1c1cccc(OCc2cc(OC)cc(OC)c2)c1. The second kappa shape index (κ2) is 14.4. The van der Waals surface area contributed by atoms with Gasteiger partial charge in [-0.05, 0) is 61.4 Å². The van der Waals surface area contributed by atoms with E-state index in [1.807, 2.05) is 62.0 Å². The van der Waals surface area contributed by atoms with Gasteiger partial charge in [0, 0.05) is 23.3 Å². The first-order valence-electron chi connectivity index (χ1n) is 14.1. The molecule has 1 aliphatic heterocycles. The molecule has 2 aromatic rings. The van der Waals surface area contributed by atoms with Crippen LogP contribution in [0.5, 0.6) is 17.2 Å². The number of β-amino-alcohol motifs (C(OH)–C–C–N with tert-alkyl or cyclic N) is 1. The van der Waals surface area contributed by atoms with Crippen LogP contribution >= 0.6 is 11.8 Å². The first kappa shape index (κ1) is 33.4. The zero-order chi connectivity index (χ0) is 31.1. The van der Waals surface area contributed by atoms with Gasteiger partial charge in [0.2, 0.25) is 0 Å². The Labute approximate surface area is 253 Å². The Morgan fingerprint density at radius 3 is 2.21 bits per heavy atom. The Balaban J connectivity index is 1.73. The predicted octanol–water partition coefficient (Wildman–Crippen LogP) is 5.67. The summed E-state index contributed by atoms with van der Waals surface area (Å²) in [4.78, 5) is 27.5. The van der Waals surface area contributed by atoms with Crippen molar-refractivity contribution in [3.63, 3.8) is 0 Å². The number of piperidine rings is 1. The third kappa shape index (κ3) is 9.46. The highest BCUT2D eigenvalue weighted by molar-refractivity contribution is 8.00. The molecule has 1 heterocycles. The van der Waals surface area contributed by atoms with E-state index in [2.05, 4.69) is 20.8 Å². The summed E-state index contributed by atoms with van der Waals surface area (Å²) in [6.07, 6.45) is -0.902. The van der Waals surface area contributed by atoms with Crippen molar-refractivity contribution in [2.24, 2.45) is 5.92 Å². The number of aliphatic hydroxyl groups is 1. The third-order valence-electron chi connectivity index (χ3n) is 7.10. The topological polar surface area (TPSA) is 104 Å². The second-order valence-electron chi connectivity index (χ2n) is 12.0. The van der Waals surface area contributed by atoms with Crippen LogP contribution in [0.1, 0.15) is 58.1 Å². The summed E-state index contributed by atoms with van der Waals surface area (Å²) in [6.45, 7) is 10.5. The summed E-state index contributed by atoms with van der Waals surface area (Å²) in [5, 5.41) is 11.3. The zero-order valence-electron chi connectivity index (χ0n) is 26.0. The Morgan fingerprint density at radius 2 is 1.62 bits per heavy atom. The minimum atomic E-state index is -1.02. The maximum atomic E-state index is 13.2. The molecule has 0 radical (unpaired) electrons. The molecule has 1 aliphatic rings. The number of aliphatic hydroxyl groups excluding tert-OH is 1. The summed E-state index contributed by atoms with van der Waals surface area (Å²) in [7, 11) is 4.48. The number of rotatable bonds is 11. The fourth-order valence-electron chi connectivity index (χ4n) is 4.89. The van der Waals surface area contributed by atoms with Crippen molar-refractivity contribution in [1.29, 1.82) is 0 Å². The van der Waals surface area contributed by atoms with E-state index in [-0.39, 0.29) is 24.4 Å². The van der Waals surface area contributed by atoms with Crippen LogP contribution in [0.4, 0.5) is 4.79 Å². The van der Waals surface area contributed by atoms with E-state index in [1.54, 1.807) is 20.3 Å². The molecule has 0 aliphatic carbocycles. The number of esters is 1. The summed E-state index contributed by atoms with van der Waals surface area (Å²) in [5.74, 6) is 0.825. The van der Waals surface area contributed by atoms with E-state index in [9.17, 15) is 14.7 Å². The van der Waals surface area contributed by atoms with Crippen LogP contribution in [0.2, 0.25) is 0 Å². The monoisotopic (exact) mass is 603 g/mol. The molecule has 9 nitrogen and oxygen atoms in total. The molecule has 1 saturated heterocycles. The van der Waals surface area contributed by atoms with Crippen molar-refractivity contribution in [1.82, 2.24) is 4.90 Å². The maximum Gasteiger partial charge on any atom is 0.410 e. The molecule has 42 heavy (non-hydrogen) atoms. The van der Waals surface area contributed by atoms with Crippen LogP contribution < -0.4 is 14.2 Å². The Bertz CT molecular complexity index is 1190. The predicted molar refractivity (Wildman–Crippen MR) is 164 cm³/mol. The second-order valence-corrected chi connectivity index (χ2v) is 14.0. The van der Waals surface area contributed by atoms with E-state index >= 15 is 0 Å². The van der Waals surface area contributed by atoms with E-state index in [1.165, 1.54) is 12.0 Å². The lowest BCUT2D eigenvalue weighted by molar-refractivity contribution is -0.150. The van der Waals surface area contributed by atoms with E-state index in [0.29, 0.717) is 29.2 Å². The van der Waals surface area contributed by atoms with Crippen molar-refractivity contribution in [2.45, 2.75) is 70.0 Å². The van der Waals surface area contributed by atoms with Gasteiger partial charge < -0.3 is 33.7 Å². The van der Waals surface area contributed by atoms with Gasteiger partial charge in [0.15, 0.2) is 0 Å². The number of nitrogens with zero attached hydrogens (tertiary/aromatic N) is 1. The Hall–Kier alpha value is -3.11. The normalized spacial score (nSPS) is 19.2. The smallest absolute Gasteiger partial charge is 0.410 e. The van der Waals surface area contributed by atoms with Crippen LogP contribution in [-0.2, 0) is 20.9 Å². The highest BCUT2D eigenvalue weighted by Crippen LogP contribution is 2.37. The molecule has 232 valence electrons. The lowest BCUT2D eigenvalue weighted by atomic mass is 9.78. The Morgan fingerprint density at radius 1 is 0.952 bits per heavy atom. The molecule has 2 aromatic carbocycles. The Kier molecular flexibility index (Phi) is 11.4. The molecule has 0 spiro atoms. The highest BCUT2D eigenvalue weighted by Gasteiger charge is 2.44. The molecule has 1 fully saturated rings. The number of hydrogen-bond donors (Lipinski definition) is 1. The largest absolute Gasteiger partial charge is 0.497 e. The van der Waals surface area contributed by atoms with Gasteiger partial charge in [0.25, 0.3) is 0 Å². The number of carbonyl (C=O) groups is 2. The molecule has 3 rings (SSSR count). The van der Waals surface area contributed by atoms with Gasteiger partial charge in [0.05, 0.1) is 39.9 Å². The molecule has 0 bridgehead atoms. The van der Waals surface area contributed by atoms with Crippen molar-refractivity contribution in [2.75, 3.05) is 40.2 Å². The molecule has 1 amide bonds. The fraction of sp³-hybridized carbons (Fsp3) is 0.562. The van der Waals surface area contributed by atoms with Gasteiger partial charge in [-0.15, -0.1) is 0 Å². The molecular formula is C32H45NO8S. The van der Waals surface area contributed by atoms with Crippen LogP contribution in [0.25, 0.3) is 0 Å². The van der Waals surface area contributed by atoms with Gasteiger partial charge >= 0.3 is 12.1 Å². The van der Waals surface area contributed by atoms with Crippen molar-refractivity contribution in [3.05, 3.63) is 53.6 Å². The van der Waals surface area contributed by atoms with Gasteiger partial charge in [-0.2, -0.15) is 11.8 Å². The molecule has 1 N–H and O–H groups in total. The molecular weight excluding hydrogens is 558 g/mol. The molecule has 3 atom stereocenters. The fourth-order valence-corrected chi connectivity index (χ4v) is 6.10. The zero-order valence-corrected chi connectivity index (χ0v) is 26.8. The van der Waals surface area contributed by atoms with Crippen LogP contribution in [0, 0.1) is 5.92 Å². The standard InChI is InChI=1S/C32H45NO8S/c1-31(2,3)42-13-12-32(4,5)41-30(36)33-18-26(29(35)39-8)28(27(34)19-33)22-10-9-11-23(16-22)40-20-21-14-24(37-6)17-25(15-21)38-7/h9-11,14-17,26-28,34H,12-13,18-20H2,1-8H3/t26-,27?,28+/m0/s1. The summed E-state index contributed by atoms with van der Waals surface area (Å²) in [6, 6.07) is 12.8. The number of amides is 1. The van der Waals surface area contributed by atoms with Gasteiger partial charge in [-0.1, -0.05) is 32.9 Å². The number of carbonyl (C=O) groups excluding carboxylic acids is 2. The van der Waals surface area contributed by atoms with Crippen LogP contribution in [0.15, 0.2) is 42.5 Å². The quantitative estimate of drug-likeness (QED) is 0.326. The lowest BCUT2D eigenvalue weighted by Crippen LogP contribution is -2.53. The first-order chi connectivity index (χ1) is 19.7. The minimum Gasteiger partial charge on any atom is -0.497 e. The number of thioether (sulfide) groups is 1. The highest BCUT2D eigenvalue weighted by atomic mass is 32.2. The lowest BCUT2D eigenvalue weighted by Gasteiger charge is -2.41. The van der Waals surface area contributed by atoms with Gasteiger partial charge in [-0.3, -0.25) is 4.79 Å². The van der Waals surface area contributed by atoms with Crippen LogP contribution in [-0.4, -0.2) is 78.7 Å². The summed E-state index contributed by atoms with van der Waals surface area (Å²) < 4.78 is 27.8. The average molecular weight is 604 g/mol. The molecule has 0 aromatic heterocycles. The third-order valence-corrected chi connectivity index (χ3v) is 8.37. The first-order valence-corrected chi connectivity index (χ1v) is 15.1. The van der Waals surface area contributed by atoms with Gasteiger partial charge in [-0.25, -0.2) is 4.79 Å². The molecule has 0 saturated carbocycles. The maximum absolute atomic E-state index is 13.2. The number of hydrogen-bond acceptors (Lipinski definition) is 9. The number of likely N-dealkylation sites (tertiary alicyclic amines) is 1. The molecule has 1 unspecified atom stereocenters.